The predicted octanol–water partition coefficient (Wildman–Crippen LogP) is 3.10. The van der Waals surface area contributed by atoms with Crippen LogP contribution in [0.1, 0.15) is 12.5 Å². The van der Waals surface area contributed by atoms with Gasteiger partial charge in [0.2, 0.25) is 0 Å². The van der Waals surface area contributed by atoms with E-state index in [2.05, 4.69) is 0 Å². The number of hydrogen-bond donors (Lipinski definition) is 0. The molecule has 0 amide bonds. The molecule has 20 heavy (non-hydrogen) atoms. The standard InChI is InChI=1S/C16H18O3S/c1-2-19-15-8-10-16(11-9-15)20(17,18)13-12-14-6-4-3-5-7-14/h3-11H,2,12-13H2,1H3. The topological polar surface area (TPSA) is 43.4 Å². The Bertz CT molecular complexity index is 631. The summed E-state index contributed by atoms with van der Waals surface area (Å²) in [6, 6.07) is 16.2. The smallest absolute Gasteiger partial charge is 0.178 e. The molecule has 0 aliphatic heterocycles. The van der Waals surface area contributed by atoms with E-state index in [9.17, 15) is 8.42 Å². The third-order valence-corrected chi connectivity index (χ3v) is 4.73. The molecule has 0 fully saturated rings. The Morgan fingerprint density at radius 2 is 1.60 bits per heavy atom. The fourth-order valence-corrected chi connectivity index (χ4v) is 3.22. The van der Waals surface area contributed by atoms with E-state index in [-0.39, 0.29) is 5.75 Å². The second kappa shape index (κ2) is 6.57. The van der Waals surface area contributed by atoms with Crippen LogP contribution < -0.4 is 4.74 Å². The van der Waals surface area contributed by atoms with Gasteiger partial charge in [-0.25, -0.2) is 8.42 Å². The van der Waals surface area contributed by atoms with Crippen LogP contribution in [-0.2, 0) is 16.3 Å². The Kier molecular flexibility index (Phi) is 4.79. The summed E-state index contributed by atoms with van der Waals surface area (Å²) in [7, 11) is -3.25. The van der Waals surface area contributed by atoms with Crippen LogP contribution in [0.25, 0.3) is 0 Å². The van der Waals surface area contributed by atoms with Gasteiger partial charge in [-0.1, -0.05) is 30.3 Å². The molecule has 2 aromatic rings. The zero-order valence-corrected chi connectivity index (χ0v) is 12.3. The monoisotopic (exact) mass is 290 g/mol. The molecule has 0 spiro atoms. The molecule has 0 aromatic heterocycles. The maximum absolute atomic E-state index is 12.2. The molecule has 0 unspecified atom stereocenters. The van der Waals surface area contributed by atoms with Crippen molar-refractivity contribution in [1.82, 2.24) is 0 Å². The van der Waals surface area contributed by atoms with E-state index in [0.29, 0.717) is 23.7 Å². The van der Waals surface area contributed by atoms with Crippen LogP contribution >= 0.6 is 0 Å². The van der Waals surface area contributed by atoms with E-state index in [0.717, 1.165) is 5.56 Å². The van der Waals surface area contributed by atoms with Gasteiger partial charge in [-0.15, -0.1) is 0 Å². The SMILES string of the molecule is CCOc1ccc(S(=O)(=O)CCc2ccccc2)cc1. The van der Waals surface area contributed by atoms with Crippen LogP contribution in [0.4, 0.5) is 0 Å². The van der Waals surface area contributed by atoms with Crippen molar-refractivity contribution in [3.8, 4) is 5.75 Å². The zero-order valence-electron chi connectivity index (χ0n) is 11.5. The highest BCUT2D eigenvalue weighted by Crippen LogP contribution is 2.18. The minimum Gasteiger partial charge on any atom is -0.494 e. The molecule has 4 heteroatoms. The first-order valence-electron chi connectivity index (χ1n) is 6.61. The molecule has 0 saturated heterocycles. The number of sulfone groups is 1. The summed E-state index contributed by atoms with van der Waals surface area (Å²) in [6.07, 6.45) is 0.524. The maximum atomic E-state index is 12.2. The highest BCUT2D eigenvalue weighted by Gasteiger charge is 2.14. The Labute approximate surface area is 120 Å². The summed E-state index contributed by atoms with van der Waals surface area (Å²) in [4.78, 5) is 0.344. The minimum atomic E-state index is -3.25. The molecule has 0 heterocycles. The second-order valence-electron chi connectivity index (χ2n) is 4.46. The van der Waals surface area contributed by atoms with Crippen molar-refractivity contribution in [3.63, 3.8) is 0 Å². The number of hydrogen-bond acceptors (Lipinski definition) is 3. The van der Waals surface area contributed by atoms with E-state index in [1.807, 2.05) is 37.3 Å². The third-order valence-electron chi connectivity index (χ3n) is 3.00. The van der Waals surface area contributed by atoms with E-state index in [4.69, 9.17) is 4.74 Å². The quantitative estimate of drug-likeness (QED) is 0.821. The van der Waals surface area contributed by atoms with Crippen LogP contribution in [0.2, 0.25) is 0 Å². The Morgan fingerprint density at radius 1 is 0.950 bits per heavy atom. The Morgan fingerprint density at radius 3 is 2.20 bits per heavy atom. The van der Waals surface area contributed by atoms with Crippen LogP contribution in [0, 0.1) is 0 Å². The summed E-state index contributed by atoms with van der Waals surface area (Å²) < 4.78 is 29.8. The van der Waals surface area contributed by atoms with Gasteiger partial charge >= 0.3 is 0 Å². The second-order valence-corrected chi connectivity index (χ2v) is 6.57. The minimum absolute atomic E-state index is 0.116. The van der Waals surface area contributed by atoms with Gasteiger partial charge in [0, 0.05) is 0 Å². The van der Waals surface area contributed by atoms with Crippen molar-refractivity contribution in [2.24, 2.45) is 0 Å². The molecule has 0 N–H and O–H groups in total. The normalized spacial score (nSPS) is 11.2. The molecule has 0 atom stereocenters. The fraction of sp³-hybridized carbons (Fsp3) is 0.250. The van der Waals surface area contributed by atoms with Gasteiger partial charge in [0.05, 0.1) is 17.3 Å². The molecular weight excluding hydrogens is 272 g/mol. The molecule has 0 radical (unpaired) electrons. The van der Waals surface area contributed by atoms with Crippen LogP contribution in [0.15, 0.2) is 59.5 Å². The summed E-state index contributed by atoms with van der Waals surface area (Å²) in [5, 5.41) is 0. The third kappa shape index (κ3) is 3.84. The number of aryl methyl sites for hydroxylation is 1. The van der Waals surface area contributed by atoms with Crippen LogP contribution in [0.5, 0.6) is 5.75 Å². The molecule has 2 rings (SSSR count). The number of benzene rings is 2. The first kappa shape index (κ1) is 14.6. The summed E-state index contributed by atoms with van der Waals surface area (Å²) in [5.41, 5.74) is 1.03. The predicted molar refractivity (Wildman–Crippen MR) is 79.8 cm³/mol. The fourth-order valence-electron chi connectivity index (χ4n) is 1.92. The summed E-state index contributed by atoms with van der Waals surface area (Å²) in [6.45, 7) is 2.46. The molecule has 0 aliphatic rings. The van der Waals surface area contributed by atoms with Gasteiger partial charge in [0.15, 0.2) is 9.84 Å². The van der Waals surface area contributed by atoms with E-state index in [1.165, 1.54) is 0 Å². The molecule has 2 aromatic carbocycles. The average Bonchev–Trinajstić information content (AvgIpc) is 2.47. The summed E-state index contributed by atoms with van der Waals surface area (Å²) in [5.74, 6) is 0.805. The first-order chi connectivity index (χ1) is 9.62. The van der Waals surface area contributed by atoms with Crippen molar-refractivity contribution in [3.05, 3.63) is 60.2 Å². The lowest BCUT2D eigenvalue weighted by Crippen LogP contribution is -2.09. The molecule has 0 aliphatic carbocycles. The Hall–Kier alpha value is -1.81. The van der Waals surface area contributed by atoms with Crippen molar-refractivity contribution in [2.45, 2.75) is 18.2 Å². The molecular formula is C16H18O3S. The average molecular weight is 290 g/mol. The largest absolute Gasteiger partial charge is 0.494 e. The van der Waals surface area contributed by atoms with Gasteiger partial charge in [0.25, 0.3) is 0 Å². The molecule has 0 saturated carbocycles. The number of rotatable bonds is 6. The van der Waals surface area contributed by atoms with Crippen LogP contribution in [0.3, 0.4) is 0 Å². The molecule has 3 nitrogen and oxygen atoms in total. The van der Waals surface area contributed by atoms with Crippen molar-refractivity contribution >= 4 is 9.84 Å². The summed E-state index contributed by atoms with van der Waals surface area (Å²) >= 11 is 0. The molecule has 0 bridgehead atoms. The maximum Gasteiger partial charge on any atom is 0.178 e. The lowest BCUT2D eigenvalue weighted by Gasteiger charge is -2.07. The highest BCUT2D eigenvalue weighted by atomic mass is 32.2. The van der Waals surface area contributed by atoms with Gasteiger partial charge in [-0.3, -0.25) is 0 Å². The molecule has 106 valence electrons. The number of ether oxygens (including phenoxy) is 1. The van der Waals surface area contributed by atoms with E-state index in [1.54, 1.807) is 24.3 Å². The first-order valence-corrected chi connectivity index (χ1v) is 8.26. The van der Waals surface area contributed by atoms with Crippen molar-refractivity contribution in [1.29, 1.82) is 0 Å². The zero-order chi connectivity index (χ0) is 14.4. The van der Waals surface area contributed by atoms with Crippen molar-refractivity contribution in [2.75, 3.05) is 12.4 Å². The Balaban J connectivity index is 2.06. The lowest BCUT2D eigenvalue weighted by molar-refractivity contribution is 0.340. The van der Waals surface area contributed by atoms with Gasteiger partial charge in [-0.05, 0) is 43.2 Å². The van der Waals surface area contributed by atoms with Crippen molar-refractivity contribution < 1.29 is 13.2 Å². The van der Waals surface area contributed by atoms with Gasteiger partial charge in [0.1, 0.15) is 5.75 Å². The van der Waals surface area contributed by atoms with Gasteiger partial charge < -0.3 is 4.74 Å². The van der Waals surface area contributed by atoms with Gasteiger partial charge in [-0.2, -0.15) is 0 Å². The highest BCUT2D eigenvalue weighted by molar-refractivity contribution is 7.91. The van der Waals surface area contributed by atoms with E-state index >= 15 is 0 Å². The van der Waals surface area contributed by atoms with Crippen LogP contribution in [-0.4, -0.2) is 20.8 Å². The van der Waals surface area contributed by atoms with E-state index < -0.39 is 9.84 Å². The lowest BCUT2D eigenvalue weighted by atomic mass is 10.2.